The molecule has 1 amide bonds. The van der Waals surface area contributed by atoms with E-state index in [0.29, 0.717) is 6.04 Å². The second-order valence-electron chi connectivity index (χ2n) is 5.26. The van der Waals surface area contributed by atoms with Gasteiger partial charge in [0.25, 0.3) is 0 Å². The molecule has 2 aliphatic rings. The number of carbonyl (C=O) groups is 1. The van der Waals surface area contributed by atoms with E-state index in [4.69, 9.17) is 0 Å². The molecule has 1 saturated carbocycles. The van der Waals surface area contributed by atoms with Crippen molar-refractivity contribution in [3.05, 3.63) is 35.9 Å². The van der Waals surface area contributed by atoms with Crippen LogP contribution in [0.2, 0.25) is 0 Å². The van der Waals surface area contributed by atoms with Gasteiger partial charge in [-0.1, -0.05) is 37.3 Å². The maximum Gasteiger partial charge on any atom is 0.245 e. The van der Waals surface area contributed by atoms with Gasteiger partial charge in [0.05, 0.1) is 6.17 Å². The molecule has 1 heterocycles. The smallest absolute Gasteiger partial charge is 0.245 e. The molecule has 1 aromatic carbocycles. The van der Waals surface area contributed by atoms with Gasteiger partial charge in [-0.25, -0.2) is 0 Å². The molecule has 18 heavy (non-hydrogen) atoms. The highest BCUT2D eigenvalue weighted by atomic mass is 16.2. The quantitative estimate of drug-likeness (QED) is 0.885. The fourth-order valence-corrected chi connectivity index (χ4v) is 2.94. The zero-order chi connectivity index (χ0) is 12.5. The number of rotatable bonds is 3. The van der Waals surface area contributed by atoms with Crippen molar-refractivity contribution in [3.63, 3.8) is 0 Å². The Labute approximate surface area is 108 Å². The van der Waals surface area contributed by atoms with Crippen molar-refractivity contribution in [3.8, 4) is 0 Å². The fraction of sp³-hybridized carbons (Fsp3) is 0.533. The summed E-state index contributed by atoms with van der Waals surface area (Å²) >= 11 is 0. The summed E-state index contributed by atoms with van der Waals surface area (Å²) in [6, 6.07) is 10.4. The average Bonchev–Trinajstić information content (AvgIpc) is 2.67. The molecule has 3 nitrogen and oxygen atoms in total. The normalized spacial score (nSPS) is 28.5. The summed E-state index contributed by atoms with van der Waals surface area (Å²) in [4.78, 5) is 14.7. The number of hydrogen-bond donors (Lipinski definition) is 1. The second kappa shape index (κ2) is 4.73. The summed E-state index contributed by atoms with van der Waals surface area (Å²) < 4.78 is 0. The van der Waals surface area contributed by atoms with Crippen molar-refractivity contribution in [1.29, 1.82) is 0 Å². The Bertz CT molecular complexity index is 427. The van der Waals surface area contributed by atoms with Gasteiger partial charge in [-0.3, -0.25) is 10.1 Å². The van der Waals surface area contributed by atoms with Gasteiger partial charge in [0.1, 0.15) is 6.04 Å². The zero-order valence-electron chi connectivity index (χ0n) is 10.8. The molecule has 96 valence electrons. The summed E-state index contributed by atoms with van der Waals surface area (Å²) in [5.41, 5.74) is 1.09. The molecule has 1 aliphatic carbocycles. The molecular weight excluding hydrogens is 224 g/mol. The van der Waals surface area contributed by atoms with Gasteiger partial charge in [-0.2, -0.15) is 0 Å². The number of carbonyl (C=O) groups excluding carboxylic acids is 1. The monoisotopic (exact) mass is 244 g/mol. The third-order valence-electron chi connectivity index (χ3n) is 4.18. The van der Waals surface area contributed by atoms with E-state index in [2.05, 4.69) is 17.1 Å². The van der Waals surface area contributed by atoms with Crippen LogP contribution in [0, 0.1) is 0 Å². The van der Waals surface area contributed by atoms with Gasteiger partial charge in [0.15, 0.2) is 0 Å². The molecule has 3 rings (SSSR count). The Morgan fingerprint density at radius 1 is 1.28 bits per heavy atom. The van der Waals surface area contributed by atoms with E-state index >= 15 is 0 Å². The lowest BCUT2D eigenvalue weighted by molar-refractivity contribution is -0.134. The first-order valence-corrected chi connectivity index (χ1v) is 6.94. The molecule has 1 aromatic rings. The third-order valence-corrected chi connectivity index (χ3v) is 4.18. The average molecular weight is 244 g/mol. The van der Waals surface area contributed by atoms with Crippen molar-refractivity contribution >= 4 is 5.91 Å². The molecule has 0 spiro atoms. The van der Waals surface area contributed by atoms with Crippen molar-refractivity contribution in [2.24, 2.45) is 0 Å². The maximum absolute atomic E-state index is 12.6. The predicted octanol–water partition coefficient (Wildman–Crippen LogP) is 2.45. The SMILES string of the molecule is CCC1NC(c2ccccc2)C(=O)N1C1CCC1. The summed E-state index contributed by atoms with van der Waals surface area (Å²) in [6.45, 7) is 2.14. The highest BCUT2D eigenvalue weighted by Gasteiger charge is 2.43. The van der Waals surface area contributed by atoms with Gasteiger partial charge in [0.2, 0.25) is 5.91 Å². The van der Waals surface area contributed by atoms with E-state index in [0.717, 1.165) is 12.0 Å². The van der Waals surface area contributed by atoms with Crippen LogP contribution in [0.3, 0.4) is 0 Å². The van der Waals surface area contributed by atoms with E-state index in [-0.39, 0.29) is 18.1 Å². The van der Waals surface area contributed by atoms with Gasteiger partial charge in [-0.15, -0.1) is 0 Å². The molecule has 2 atom stereocenters. The Balaban J connectivity index is 1.84. The standard InChI is InChI=1S/C15H20N2O/c1-2-13-16-14(11-7-4-3-5-8-11)15(18)17(13)12-9-6-10-12/h3-5,7-8,12-14,16H,2,6,9-10H2,1H3. The number of nitrogens with one attached hydrogen (secondary N) is 1. The first kappa shape index (κ1) is 11.7. The van der Waals surface area contributed by atoms with E-state index in [1.807, 2.05) is 30.3 Å². The van der Waals surface area contributed by atoms with Crippen LogP contribution in [0.4, 0.5) is 0 Å². The highest BCUT2D eigenvalue weighted by Crippen LogP contribution is 2.34. The topological polar surface area (TPSA) is 32.3 Å². The van der Waals surface area contributed by atoms with E-state index in [9.17, 15) is 4.79 Å². The lowest BCUT2D eigenvalue weighted by Crippen LogP contribution is -2.47. The van der Waals surface area contributed by atoms with E-state index in [1.165, 1.54) is 19.3 Å². The first-order chi connectivity index (χ1) is 8.81. The van der Waals surface area contributed by atoms with E-state index < -0.39 is 0 Å². The molecule has 1 saturated heterocycles. The van der Waals surface area contributed by atoms with Crippen LogP contribution in [0.5, 0.6) is 0 Å². The maximum atomic E-state index is 12.6. The molecule has 1 N–H and O–H groups in total. The largest absolute Gasteiger partial charge is 0.323 e. The molecule has 3 heteroatoms. The van der Waals surface area contributed by atoms with Crippen LogP contribution < -0.4 is 5.32 Å². The summed E-state index contributed by atoms with van der Waals surface area (Å²) in [6.07, 6.45) is 4.80. The lowest BCUT2D eigenvalue weighted by Gasteiger charge is -2.38. The second-order valence-corrected chi connectivity index (χ2v) is 5.26. The summed E-state index contributed by atoms with van der Waals surface area (Å²) in [5.74, 6) is 0.262. The van der Waals surface area contributed by atoms with E-state index in [1.54, 1.807) is 0 Å². The molecule has 1 aliphatic heterocycles. The predicted molar refractivity (Wildman–Crippen MR) is 70.9 cm³/mol. The Hall–Kier alpha value is -1.35. The van der Waals surface area contributed by atoms with Crippen LogP contribution in [-0.2, 0) is 4.79 Å². The lowest BCUT2D eigenvalue weighted by atomic mass is 9.91. The molecular formula is C15H20N2O. The summed E-state index contributed by atoms with van der Waals surface area (Å²) in [7, 11) is 0. The summed E-state index contributed by atoms with van der Waals surface area (Å²) in [5, 5.41) is 3.48. The first-order valence-electron chi connectivity index (χ1n) is 6.94. The van der Waals surface area contributed by atoms with Gasteiger partial charge in [0, 0.05) is 6.04 Å². The third kappa shape index (κ3) is 1.83. The van der Waals surface area contributed by atoms with Gasteiger partial charge >= 0.3 is 0 Å². The number of nitrogens with zero attached hydrogens (tertiary/aromatic N) is 1. The minimum Gasteiger partial charge on any atom is -0.323 e. The van der Waals surface area contributed by atoms with Crippen molar-refractivity contribution in [2.45, 2.75) is 50.9 Å². The molecule has 0 aromatic heterocycles. The molecule has 0 radical (unpaired) electrons. The zero-order valence-corrected chi connectivity index (χ0v) is 10.8. The van der Waals surface area contributed by atoms with Crippen LogP contribution in [0.25, 0.3) is 0 Å². The minimum atomic E-state index is -0.142. The number of amides is 1. The molecule has 2 unspecified atom stereocenters. The van der Waals surface area contributed by atoms with Crippen LogP contribution >= 0.6 is 0 Å². The van der Waals surface area contributed by atoms with Crippen molar-refractivity contribution in [1.82, 2.24) is 10.2 Å². The van der Waals surface area contributed by atoms with Crippen molar-refractivity contribution < 1.29 is 4.79 Å². The Morgan fingerprint density at radius 3 is 2.56 bits per heavy atom. The van der Waals surface area contributed by atoms with Gasteiger partial charge < -0.3 is 4.90 Å². The highest BCUT2D eigenvalue weighted by molar-refractivity contribution is 5.86. The Kier molecular flexibility index (Phi) is 3.08. The number of benzene rings is 1. The van der Waals surface area contributed by atoms with Crippen LogP contribution in [0.1, 0.15) is 44.2 Å². The van der Waals surface area contributed by atoms with Crippen LogP contribution in [-0.4, -0.2) is 23.0 Å². The fourth-order valence-electron chi connectivity index (χ4n) is 2.94. The molecule has 0 bridgehead atoms. The Morgan fingerprint density at radius 2 is 2.00 bits per heavy atom. The van der Waals surface area contributed by atoms with Gasteiger partial charge in [-0.05, 0) is 31.2 Å². The van der Waals surface area contributed by atoms with Crippen molar-refractivity contribution in [2.75, 3.05) is 0 Å². The van der Waals surface area contributed by atoms with Crippen LogP contribution in [0.15, 0.2) is 30.3 Å². The molecule has 2 fully saturated rings. The number of hydrogen-bond acceptors (Lipinski definition) is 2. The minimum absolute atomic E-state index is 0.142.